The lowest BCUT2D eigenvalue weighted by Gasteiger charge is -2.31. The van der Waals surface area contributed by atoms with Crippen LogP contribution in [0.25, 0.3) is 11.1 Å². The minimum absolute atomic E-state index is 0.133. The number of carbonyl (C=O) groups is 12. The van der Waals surface area contributed by atoms with Crippen molar-refractivity contribution in [1.82, 2.24) is 63.4 Å². The molecule has 29 heteroatoms. The van der Waals surface area contributed by atoms with Crippen LogP contribution in [0.4, 0.5) is 0 Å². The molecule has 2 aromatic rings. The Hall–Kier alpha value is -8.12. The third-order valence-corrected chi connectivity index (χ3v) is 17.5. The molecule has 29 nitrogen and oxygen atoms in total. The molecule has 17 N–H and O–H groups in total. The monoisotopic (exact) mass is 1350 g/mol. The van der Waals surface area contributed by atoms with Gasteiger partial charge in [0.2, 0.25) is 65.0 Å². The quantitative estimate of drug-likeness (QED) is 0.0279. The van der Waals surface area contributed by atoms with Crippen LogP contribution in [0.5, 0.6) is 0 Å². The second kappa shape index (κ2) is 41.8. The molecular formula is C67H108N14O15. The van der Waals surface area contributed by atoms with Crippen molar-refractivity contribution < 1.29 is 72.5 Å². The van der Waals surface area contributed by atoms with E-state index >= 15 is 0 Å². The van der Waals surface area contributed by atoms with Gasteiger partial charge in [-0.1, -0.05) is 136 Å². The average Bonchev–Trinajstić information content (AvgIpc) is 1.18. The van der Waals surface area contributed by atoms with Gasteiger partial charge in [-0.3, -0.25) is 52.7 Å². The van der Waals surface area contributed by atoms with Gasteiger partial charge in [0, 0.05) is 19.5 Å². The predicted octanol–water partition coefficient (Wildman–Crippen LogP) is -1.21. The number of nitrogens with two attached hydrogens (primary N) is 2. The second-order valence-corrected chi connectivity index (χ2v) is 25.3. The lowest BCUT2D eigenvalue weighted by Crippen LogP contribution is -2.63. The number of nitrogens with zero attached hydrogens (tertiary/aromatic N) is 1. The summed E-state index contributed by atoms with van der Waals surface area (Å²) in [5, 5.41) is 49.7. The molecule has 0 radical (unpaired) electrons. The first-order valence-corrected chi connectivity index (χ1v) is 33.5. The molecule has 0 unspecified atom stereocenters. The molecule has 3 rings (SSSR count). The first-order chi connectivity index (χ1) is 45.5. The SMILES string of the molecule is CC[C@@H](C)[C@@H](NC(=O)[C@@H](CCC(=O)NCCN(C)C)NC(=O)[C@H](CO)NC(=O)[C@@H](NC(=O)[C@H](N)Cc1ccc(-c2ccccc2)cc1)[C@@H](C)CC)C(=O)N[C@H](C(=O)N[C@@H](CO)C(=O)N[C@H]1C(=O)N[C@@H](C)C(=O)N[C@@H](CCCCN)C(=O)N[C@@H]([C@@H](C)CC)C(=O)O[C@H]1C)[C@@H](C)CC. The molecule has 1 aliphatic heterocycles. The molecule has 0 aromatic heterocycles. The van der Waals surface area contributed by atoms with Gasteiger partial charge >= 0.3 is 5.97 Å². The zero-order valence-corrected chi connectivity index (χ0v) is 57.8. The first-order valence-electron chi connectivity index (χ1n) is 33.5. The lowest BCUT2D eigenvalue weighted by molar-refractivity contribution is -0.157. The van der Waals surface area contributed by atoms with Crippen LogP contribution >= 0.6 is 0 Å². The fourth-order valence-electron chi connectivity index (χ4n) is 10.2. The Kier molecular flexibility index (Phi) is 35.7. The summed E-state index contributed by atoms with van der Waals surface area (Å²) in [4.78, 5) is 170. The van der Waals surface area contributed by atoms with Crippen LogP contribution in [0.15, 0.2) is 54.6 Å². The summed E-state index contributed by atoms with van der Waals surface area (Å²) in [5.41, 5.74) is 14.8. The van der Waals surface area contributed by atoms with Crippen molar-refractivity contribution in [2.24, 2.45) is 35.1 Å². The van der Waals surface area contributed by atoms with Crippen LogP contribution in [0.3, 0.4) is 0 Å². The molecule has 0 saturated carbocycles. The summed E-state index contributed by atoms with van der Waals surface area (Å²) in [6.45, 7) is 15.3. The first kappa shape index (κ1) is 82.1. The van der Waals surface area contributed by atoms with Crippen LogP contribution in [0, 0.1) is 23.7 Å². The van der Waals surface area contributed by atoms with Crippen LogP contribution in [-0.4, -0.2) is 206 Å². The third kappa shape index (κ3) is 26.1. The topological polar surface area (TPSA) is 442 Å². The van der Waals surface area contributed by atoms with Gasteiger partial charge in [0.1, 0.15) is 66.5 Å². The normalized spacial score (nSPS) is 20.4. The van der Waals surface area contributed by atoms with Gasteiger partial charge in [-0.2, -0.15) is 0 Å². The Labute approximate surface area is 564 Å². The summed E-state index contributed by atoms with van der Waals surface area (Å²) in [6, 6.07) is 1.51. The summed E-state index contributed by atoms with van der Waals surface area (Å²) in [7, 11) is 3.61. The Balaban J connectivity index is 1.89. The number of cyclic esters (lactones) is 1. The van der Waals surface area contributed by atoms with E-state index in [0.717, 1.165) is 16.7 Å². The second-order valence-electron chi connectivity index (χ2n) is 25.3. The van der Waals surface area contributed by atoms with Crippen LogP contribution < -0.4 is 70.0 Å². The van der Waals surface area contributed by atoms with E-state index in [1.54, 1.807) is 69.5 Å². The van der Waals surface area contributed by atoms with Crippen molar-refractivity contribution >= 4 is 70.9 Å². The molecule has 536 valence electrons. The number of amides is 11. The van der Waals surface area contributed by atoms with E-state index in [9.17, 15) is 67.7 Å². The van der Waals surface area contributed by atoms with Gasteiger partial charge in [-0.15, -0.1) is 0 Å². The van der Waals surface area contributed by atoms with Gasteiger partial charge in [0.05, 0.1) is 19.3 Å². The number of aliphatic hydroxyl groups is 2. The van der Waals surface area contributed by atoms with Gasteiger partial charge in [-0.25, -0.2) is 4.79 Å². The number of esters is 1. The lowest BCUT2D eigenvalue weighted by atomic mass is 9.94. The minimum atomic E-state index is -1.82. The highest BCUT2D eigenvalue weighted by molar-refractivity contribution is 5.99. The molecule has 1 aliphatic rings. The van der Waals surface area contributed by atoms with Gasteiger partial charge in [0.25, 0.3) is 0 Å². The smallest absolute Gasteiger partial charge is 0.329 e. The van der Waals surface area contributed by atoms with Gasteiger partial charge in [-0.05, 0) is 107 Å². The van der Waals surface area contributed by atoms with Crippen LogP contribution in [0.2, 0.25) is 0 Å². The molecule has 1 fully saturated rings. The maximum atomic E-state index is 14.6. The molecule has 0 aliphatic carbocycles. The van der Waals surface area contributed by atoms with Crippen molar-refractivity contribution in [2.75, 3.05) is 46.9 Å². The molecule has 0 spiro atoms. The fourth-order valence-corrected chi connectivity index (χ4v) is 10.2. The maximum Gasteiger partial charge on any atom is 0.329 e. The summed E-state index contributed by atoms with van der Waals surface area (Å²) in [6.07, 6.45) is 0.441. The van der Waals surface area contributed by atoms with Crippen molar-refractivity contribution in [2.45, 2.75) is 206 Å². The van der Waals surface area contributed by atoms with E-state index < -0.39 is 180 Å². The molecule has 11 amide bonds. The molecule has 96 heavy (non-hydrogen) atoms. The van der Waals surface area contributed by atoms with Gasteiger partial charge in [0.15, 0.2) is 0 Å². The Morgan fingerprint density at radius 1 is 0.594 bits per heavy atom. The number of nitrogens with one attached hydrogen (secondary N) is 11. The van der Waals surface area contributed by atoms with Crippen molar-refractivity contribution in [3.63, 3.8) is 0 Å². The van der Waals surface area contributed by atoms with E-state index in [0.29, 0.717) is 38.8 Å². The number of likely N-dealkylation sites (N-methyl/N-ethyl adjacent to an activating group) is 1. The highest BCUT2D eigenvalue weighted by Gasteiger charge is 2.41. The molecule has 1 saturated heterocycles. The number of hydrogen-bond acceptors (Lipinski definition) is 18. The molecular weight excluding hydrogens is 1240 g/mol. The zero-order valence-electron chi connectivity index (χ0n) is 57.8. The maximum absolute atomic E-state index is 14.6. The third-order valence-electron chi connectivity index (χ3n) is 17.5. The number of carbonyl (C=O) groups excluding carboxylic acids is 12. The molecule has 1 heterocycles. The fraction of sp³-hybridized carbons (Fsp3) is 0.642. The Bertz CT molecular complexity index is 2890. The highest BCUT2D eigenvalue weighted by atomic mass is 16.5. The number of hydrogen-bond donors (Lipinski definition) is 15. The molecule has 16 atom stereocenters. The van der Waals surface area contributed by atoms with Crippen LogP contribution in [0.1, 0.15) is 133 Å². The van der Waals surface area contributed by atoms with Crippen molar-refractivity contribution in [3.8, 4) is 11.1 Å². The standard InChI is InChI=1S/C67H108N14O15/c1-13-37(5)52(76-58(86)46(69)34-43-25-27-45(28-26-43)44-22-18-17-19-23-44)63(91)74-49(35-82)61(89)73-48(29-30-51(84)70-32-33-81(11)12)60(88)77-54(39(7)15-3)65(93)78-53(38(6)14-2)64(92)75-50(36-83)62(90)80-56-42(10)96-67(95)55(40(8)16-4)79-59(87)47(24-20-21-31-68)72-57(85)41(9)71-66(56)94/h17-19,22-23,25-28,37-42,46-50,52-56,82-83H,13-16,20-21,24,29-36,68-69H2,1-12H3,(H,70,84)(H,71,94)(H,72,85)(H,73,89)(H,74,91)(H,75,92)(H,76,86)(H,77,88)(H,78,93)(H,79,87)(H,80,90)/t37-,38-,39+,40-,41-,42-,46+,47-,48+,49-,50-,52-,53-,54+,55-,56+/m0/s1. The summed E-state index contributed by atoms with van der Waals surface area (Å²) < 4.78 is 5.74. The van der Waals surface area contributed by atoms with Crippen LogP contribution in [-0.2, 0) is 68.7 Å². The number of aliphatic hydroxyl groups excluding tert-OH is 2. The van der Waals surface area contributed by atoms with E-state index in [2.05, 4.69) is 58.5 Å². The zero-order chi connectivity index (χ0) is 71.9. The molecule has 2 aromatic carbocycles. The predicted molar refractivity (Wildman–Crippen MR) is 360 cm³/mol. The average molecular weight is 1350 g/mol. The van der Waals surface area contributed by atoms with E-state index in [4.69, 9.17) is 16.2 Å². The largest absolute Gasteiger partial charge is 0.458 e. The highest BCUT2D eigenvalue weighted by Crippen LogP contribution is 2.21. The summed E-state index contributed by atoms with van der Waals surface area (Å²) in [5.74, 6) is -12.8. The number of unbranched alkanes of at least 4 members (excludes halogenated alkanes) is 1. The number of ether oxygens (including phenoxy) is 1. The van der Waals surface area contributed by atoms with E-state index in [1.165, 1.54) is 13.8 Å². The van der Waals surface area contributed by atoms with Crippen molar-refractivity contribution in [1.29, 1.82) is 0 Å². The Morgan fingerprint density at radius 2 is 1.09 bits per heavy atom. The van der Waals surface area contributed by atoms with E-state index in [1.807, 2.05) is 59.5 Å². The minimum Gasteiger partial charge on any atom is -0.458 e. The Morgan fingerprint density at radius 3 is 1.61 bits per heavy atom. The van der Waals surface area contributed by atoms with Crippen molar-refractivity contribution in [3.05, 3.63) is 60.2 Å². The van der Waals surface area contributed by atoms with Gasteiger partial charge < -0.3 is 89.8 Å². The number of rotatable bonds is 37. The molecule has 0 bridgehead atoms. The summed E-state index contributed by atoms with van der Waals surface area (Å²) >= 11 is 0. The number of benzene rings is 2. The van der Waals surface area contributed by atoms with E-state index in [-0.39, 0.29) is 45.1 Å².